The van der Waals surface area contributed by atoms with E-state index in [0.717, 1.165) is 5.69 Å². The van der Waals surface area contributed by atoms with E-state index in [2.05, 4.69) is 20.8 Å². The van der Waals surface area contributed by atoms with Crippen molar-refractivity contribution in [1.29, 1.82) is 0 Å². The third kappa shape index (κ3) is 3.87. The van der Waals surface area contributed by atoms with Gasteiger partial charge in [0.15, 0.2) is 11.5 Å². The molecule has 6 nitrogen and oxygen atoms in total. The van der Waals surface area contributed by atoms with Crippen molar-refractivity contribution in [2.24, 2.45) is 0 Å². The Balaban J connectivity index is 1.62. The maximum absolute atomic E-state index is 12.0. The second-order valence-corrected chi connectivity index (χ2v) is 5.08. The predicted molar refractivity (Wildman–Crippen MR) is 86.6 cm³/mol. The number of hydrogen-bond acceptors (Lipinski definition) is 5. The molecule has 0 bridgehead atoms. The molecule has 0 saturated heterocycles. The fourth-order valence-electron chi connectivity index (χ4n) is 1.89. The summed E-state index contributed by atoms with van der Waals surface area (Å²) in [5, 5.41) is 14.2. The number of rotatable bonds is 5. The van der Waals surface area contributed by atoms with Crippen molar-refractivity contribution in [3.8, 4) is 0 Å². The van der Waals surface area contributed by atoms with Gasteiger partial charge in [-0.05, 0) is 36.4 Å². The van der Waals surface area contributed by atoms with E-state index in [1.54, 1.807) is 36.6 Å². The molecule has 0 aliphatic heterocycles. The minimum atomic E-state index is -0.321. The summed E-state index contributed by atoms with van der Waals surface area (Å²) in [6, 6.07) is 14.1. The second kappa shape index (κ2) is 6.93. The number of amides is 1. The van der Waals surface area contributed by atoms with Gasteiger partial charge in [0.25, 0.3) is 5.91 Å². The van der Waals surface area contributed by atoms with Crippen LogP contribution in [0.1, 0.15) is 16.2 Å². The molecule has 116 valence electrons. The predicted octanol–water partition coefficient (Wildman–Crippen LogP) is 3.40. The third-order valence-electron chi connectivity index (χ3n) is 3.04. The molecule has 3 rings (SSSR count). The fourth-order valence-corrected chi connectivity index (χ4v) is 2.07. The number of furan rings is 1. The van der Waals surface area contributed by atoms with Gasteiger partial charge in [-0.2, -0.15) is 0 Å². The van der Waals surface area contributed by atoms with Gasteiger partial charge >= 0.3 is 0 Å². The highest BCUT2D eigenvalue weighted by molar-refractivity contribution is 6.33. The van der Waals surface area contributed by atoms with Crippen molar-refractivity contribution < 1.29 is 9.21 Å². The van der Waals surface area contributed by atoms with Crippen molar-refractivity contribution in [3.63, 3.8) is 0 Å². The van der Waals surface area contributed by atoms with Gasteiger partial charge in [-0.1, -0.05) is 23.7 Å². The lowest BCUT2D eigenvalue weighted by atomic mass is 10.3. The van der Waals surface area contributed by atoms with Crippen molar-refractivity contribution in [2.75, 3.05) is 5.32 Å². The van der Waals surface area contributed by atoms with Crippen LogP contribution in [-0.4, -0.2) is 16.1 Å². The number of hydrogen-bond donors (Lipinski definition) is 2. The first-order valence-electron chi connectivity index (χ1n) is 6.88. The van der Waals surface area contributed by atoms with E-state index in [0.29, 0.717) is 23.1 Å². The van der Waals surface area contributed by atoms with Crippen LogP contribution >= 0.6 is 11.6 Å². The number of carbonyl (C=O) groups excluding carboxylic acids is 1. The van der Waals surface area contributed by atoms with Crippen molar-refractivity contribution in [1.82, 2.24) is 15.5 Å². The average Bonchev–Trinajstić information content (AvgIpc) is 3.09. The number of nitrogens with zero attached hydrogens (tertiary/aromatic N) is 2. The lowest BCUT2D eigenvalue weighted by molar-refractivity contribution is 0.0942. The molecular formula is C16H13ClN4O2. The number of carbonyl (C=O) groups is 1. The molecule has 7 heteroatoms. The summed E-state index contributed by atoms with van der Waals surface area (Å²) in [5.41, 5.74) is 0.944. The molecular weight excluding hydrogens is 316 g/mol. The smallest absolute Gasteiger partial charge is 0.272 e. The van der Waals surface area contributed by atoms with Crippen LogP contribution in [0.25, 0.3) is 0 Å². The lowest BCUT2D eigenvalue weighted by Crippen LogP contribution is -2.23. The van der Waals surface area contributed by atoms with E-state index >= 15 is 0 Å². The number of benzene rings is 1. The minimum Gasteiger partial charge on any atom is -0.467 e. The van der Waals surface area contributed by atoms with Crippen molar-refractivity contribution >= 4 is 29.0 Å². The van der Waals surface area contributed by atoms with Crippen molar-refractivity contribution in [2.45, 2.75) is 6.54 Å². The van der Waals surface area contributed by atoms with Crippen LogP contribution in [-0.2, 0) is 6.54 Å². The SMILES string of the molecule is O=C(NCc1ccco1)c1ccc(Nc2ccccc2Cl)nn1. The van der Waals surface area contributed by atoms with E-state index in [1.165, 1.54) is 0 Å². The Bertz CT molecular complexity index is 788. The molecule has 0 aliphatic rings. The summed E-state index contributed by atoms with van der Waals surface area (Å²) in [7, 11) is 0. The molecule has 23 heavy (non-hydrogen) atoms. The monoisotopic (exact) mass is 328 g/mol. The molecule has 0 fully saturated rings. The zero-order chi connectivity index (χ0) is 16.1. The molecule has 2 N–H and O–H groups in total. The quantitative estimate of drug-likeness (QED) is 0.750. The first-order chi connectivity index (χ1) is 11.2. The van der Waals surface area contributed by atoms with Gasteiger partial charge < -0.3 is 15.1 Å². The first-order valence-corrected chi connectivity index (χ1v) is 7.26. The van der Waals surface area contributed by atoms with Crippen LogP contribution < -0.4 is 10.6 Å². The van der Waals surface area contributed by atoms with Crippen LogP contribution in [0.3, 0.4) is 0 Å². The second-order valence-electron chi connectivity index (χ2n) is 4.67. The molecule has 0 saturated carbocycles. The average molecular weight is 329 g/mol. The highest BCUT2D eigenvalue weighted by Crippen LogP contribution is 2.23. The van der Waals surface area contributed by atoms with E-state index < -0.39 is 0 Å². The zero-order valence-corrected chi connectivity index (χ0v) is 12.7. The Labute approximate surface area is 137 Å². The normalized spacial score (nSPS) is 10.3. The Hall–Kier alpha value is -2.86. The molecule has 2 heterocycles. The maximum atomic E-state index is 12.0. The molecule has 0 aliphatic carbocycles. The van der Waals surface area contributed by atoms with Crippen LogP contribution in [0, 0.1) is 0 Å². The largest absolute Gasteiger partial charge is 0.467 e. The summed E-state index contributed by atoms with van der Waals surface area (Å²) in [6.45, 7) is 0.299. The molecule has 1 aromatic carbocycles. The van der Waals surface area contributed by atoms with Gasteiger partial charge in [0.2, 0.25) is 0 Å². The summed E-state index contributed by atoms with van der Waals surface area (Å²) in [4.78, 5) is 12.0. The van der Waals surface area contributed by atoms with Crippen LogP contribution in [0.4, 0.5) is 11.5 Å². The molecule has 0 radical (unpaired) electrons. The highest BCUT2D eigenvalue weighted by Gasteiger charge is 2.09. The minimum absolute atomic E-state index is 0.223. The van der Waals surface area contributed by atoms with Crippen LogP contribution in [0.5, 0.6) is 0 Å². The Morgan fingerprint density at radius 1 is 1.09 bits per heavy atom. The van der Waals surface area contributed by atoms with Crippen LogP contribution in [0.2, 0.25) is 5.02 Å². The van der Waals surface area contributed by atoms with Gasteiger partial charge in [0.1, 0.15) is 5.76 Å². The molecule has 3 aromatic rings. The van der Waals surface area contributed by atoms with Gasteiger partial charge in [-0.3, -0.25) is 4.79 Å². The van der Waals surface area contributed by atoms with E-state index in [-0.39, 0.29) is 11.6 Å². The number of aromatic nitrogens is 2. The number of anilines is 2. The fraction of sp³-hybridized carbons (Fsp3) is 0.0625. The summed E-state index contributed by atoms with van der Waals surface area (Å²) in [5.74, 6) is 0.849. The van der Waals surface area contributed by atoms with E-state index in [1.807, 2.05) is 18.2 Å². The zero-order valence-electron chi connectivity index (χ0n) is 12.0. The van der Waals surface area contributed by atoms with Crippen molar-refractivity contribution in [3.05, 3.63) is 71.3 Å². The Morgan fingerprint density at radius 3 is 2.65 bits per heavy atom. The number of halogens is 1. The highest BCUT2D eigenvalue weighted by atomic mass is 35.5. The molecule has 0 spiro atoms. The van der Waals surface area contributed by atoms with Gasteiger partial charge in [0.05, 0.1) is 23.5 Å². The maximum Gasteiger partial charge on any atom is 0.272 e. The number of para-hydroxylation sites is 1. The standard InChI is InChI=1S/C16H13ClN4O2/c17-12-5-1-2-6-13(12)19-15-8-7-14(20-21-15)16(22)18-10-11-4-3-9-23-11/h1-9H,10H2,(H,18,22)(H,19,21). The molecule has 0 atom stereocenters. The third-order valence-corrected chi connectivity index (χ3v) is 3.37. The first kappa shape index (κ1) is 15.1. The lowest BCUT2D eigenvalue weighted by Gasteiger charge is -2.07. The van der Waals surface area contributed by atoms with Crippen LogP contribution in [0.15, 0.2) is 59.2 Å². The molecule has 1 amide bonds. The van der Waals surface area contributed by atoms with Gasteiger partial charge in [0, 0.05) is 0 Å². The Morgan fingerprint density at radius 2 is 1.96 bits per heavy atom. The van der Waals surface area contributed by atoms with Gasteiger partial charge in [-0.25, -0.2) is 0 Å². The summed E-state index contributed by atoms with van der Waals surface area (Å²) in [6.07, 6.45) is 1.55. The van der Waals surface area contributed by atoms with E-state index in [9.17, 15) is 4.79 Å². The van der Waals surface area contributed by atoms with Gasteiger partial charge in [-0.15, -0.1) is 10.2 Å². The van der Waals surface area contributed by atoms with E-state index in [4.69, 9.17) is 16.0 Å². The molecule has 0 unspecified atom stereocenters. The topological polar surface area (TPSA) is 80.0 Å². The molecule has 2 aromatic heterocycles. The Kier molecular flexibility index (Phi) is 4.54. The summed E-state index contributed by atoms with van der Waals surface area (Å²) < 4.78 is 5.14. The number of nitrogens with one attached hydrogen (secondary N) is 2. The summed E-state index contributed by atoms with van der Waals surface area (Å²) >= 11 is 6.06.